The van der Waals surface area contributed by atoms with E-state index in [2.05, 4.69) is 5.32 Å². The van der Waals surface area contributed by atoms with E-state index in [1.165, 1.54) is 11.7 Å². The first kappa shape index (κ1) is 22.3. The molecule has 0 bridgehead atoms. The number of esters is 1. The van der Waals surface area contributed by atoms with Gasteiger partial charge in [0.2, 0.25) is 11.8 Å². The van der Waals surface area contributed by atoms with Crippen LogP contribution in [0.1, 0.15) is 22.4 Å². The van der Waals surface area contributed by atoms with Gasteiger partial charge in [0.15, 0.2) is 0 Å². The molecule has 0 radical (unpaired) electrons. The van der Waals surface area contributed by atoms with E-state index in [4.69, 9.17) is 19.9 Å². The van der Waals surface area contributed by atoms with Gasteiger partial charge < -0.3 is 29.8 Å². The van der Waals surface area contributed by atoms with Crippen LogP contribution in [0.15, 0.2) is 70.8 Å². The van der Waals surface area contributed by atoms with E-state index in [0.717, 1.165) is 5.56 Å². The molecule has 0 aliphatic carbocycles. The number of pyridine rings is 1. The van der Waals surface area contributed by atoms with Crippen molar-refractivity contribution in [3.63, 3.8) is 0 Å². The molecule has 1 atom stereocenters. The van der Waals surface area contributed by atoms with Crippen molar-refractivity contribution in [1.82, 2.24) is 4.57 Å². The Labute approximate surface area is 200 Å². The van der Waals surface area contributed by atoms with Crippen LogP contribution >= 0.6 is 0 Å². The van der Waals surface area contributed by atoms with Gasteiger partial charge >= 0.3 is 5.97 Å². The number of nitrogens with one attached hydrogen (secondary N) is 1. The number of nitrogens with two attached hydrogens (primary N) is 1. The number of aryl methyl sites for hydroxylation is 1. The number of benzene rings is 2. The SMILES string of the molecule is COC(=O)C1=C(N)Oc2cc(C)n(Cc3ccccc3OC)c(=O)c2C12C(=O)Nc1ccccc12. The Morgan fingerprint density at radius 3 is 2.57 bits per heavy atom. The number of aromatic nitrogens is 1. The molecule has 3 aromatic rings. The normalized spacial score (nSPS) is 18.0. The molecular weight excluding hydrogens is 450 g/mol. The zero-order chi connectivity index (χ0) is 24.9. The number of rotatable bonds is 4. The van der Waals surface area contributed by atoms with Gasteiger partial charge in [-0.3, -0.25) is 9.59 Å². The highest BCUT2D eigenvalue weighted by Crippen LogP contribution is 2.52. The summed E-state index contributed by atoms with van der Waals surface area (Å²) in [6.07, 6.45) is 0. The van der Waals surface area contributed by atoms with Crippen LogP contribution in [0.2, 0.25) is 0 Å². The molecule has 2 aliphatic rings. The van der Waals surface area contributed by atoms with Gasteiger partial charge in [-0.05, 0) is 19.1 Å². The fourth-order valence-electron chi connectivity index (χ4n) is 4.96. The van der Waals surface area contributed by atoms with Gasteiger partial charge in [0, 0.05) is 28.6 Å². The first-order chi connectivity index (χ1) is 16.8. The highest BCUT2D eigenvalue weighted by atomic mass is 16.5. The van der Waals surface area contributed by atoms with Crippen molar-refractivity contribution >= 4 is 17.6 Å². The minimum atomic E-state index is -1.84. The molecule has 1 spiro atoms. The molecule has 3 N–H and O–H groups in total. The number of nitrogens with zero attached hydrogens (tertiary/aromatic N) is 1. The number of fused-ring (bicyclic) bond motifs is 4. The maximum atomic E-state index is 14.2. The number of hydrogen-bond donors (Lipinski definition) is 2. The molecule has 1 unspecified atom stereocenters. The second-order valence-electron chi connectivity index (χ2n) is 8.31. The molecule has 0 fully saturated rings. The van der Waals surface area contributed by atoms with Gasteiger partial charge in [0.25, 0.3) is 5.56 Å². The third-order valence-corrected chi connectivity index (χ3v) is 6.52. The summed E-state index contributed by atoms with van der Waals surface area (Å²) < 4.78 is 17.7. The molecule has 3 heterocycles. The molecule has 5 rings (SSSR count). The largest absolute Gasteiger partial charge is 0.496 e. The zero-order valence-electron chi connectivity index (χ0n) is 19.4. The number of anilines is 1. The standard InChI is InChI=1S/C26H23N3O6/c1-14-12-19-20(23(30)29(14)13-15-8-4-7-11-18(15)33-2)26(21(22(27)35-19)24(31)34-3)16-9-5-6-10-17(16)28-25(26)32/h4-12H,13,27H2,1-3H3,(H,28,32). The molecule has 35 heavy (non-hydrogen) atoms. The lowest BCUT2D eigenvalue weighted by molar-refractivity contribution is -0.138. The molecule has 0 saturated carbocycles. The summed E-state index contributed by atoms with van der Waals surface area (Å²) in [6.45, 7) is 1.93. The fourth-order valence-corrected chi connectivity index (χ4v) is 4.96. The summed E-state index contributed by atoms with van der Waals surface area (Å²) in [5.74, 6) is -1.02. The number of hydrogen-bond acceptors (Lipinski definition) is 7. The fraction of sp³-hybridized carbons (Fsp3) is 0.192. The average molecular weight is 473 g/mol. The van der Waals surface area contributed by atoms with E-state index in [0.29, 0.717) is 22.7 Å². The number of carbonyl (C=O) groups excluding carboxylic acids is 2. The first-order valence-electron chi connectivity index (χ1n) is 10.9. The Kier molecular flexibility index (Phi) is 5.12. The van der Waals surface area contributed by atoms with E-state index >= 15 is 0 Å². The van der Waals surface area contributed by atoms with E-state index in [-0.39, 0.29) is 29.3 Å². The maximum Gasteiger partial charge on any atom is 0.340 e. The van der Waals surface area contributed by atoms with Gasteiger partial charge in [-0.25, -0.2) is 4.79 Å². The van der Waals surface area contributed by atoms with Crippen molar-refractivity contribution < 1.29 is 23.8 Å². The molecule has 2 aromatic carbocycles. The summed E-state index contributed by atoms with van der Waals surface area (Å²) in [7, 11) is 2.74. The van der Waals surface area contributed by atoms with Gasteiger partial charge in [-0.1, -0.05) is 36.4 Å². The van der Waals surface area contributed by atoms with Gasteiger partial charge in [0.1, 0.15) is 22.5 Å². The monoisotopic (exact) mass is 473 g/mol. The maximum absolute atomic E-state index is 14.2. The van der Waals surface area contributed by atoms with Gasteiger partial charge in [-0.15, -0.1) is 0 Å². The molecule has 0 saturated heterocycles. The minimum absolute atomic E-state index is 0.00459. The van der Waals surface area contributed by atoms with Crippen molar-refractivity contribution in [3.05, 3.63) is 98.8 Å². The van der Waals surface area contributed by atoms with Gasteiger partial charge in [-0.2, -0.15) is 0 Å². The number of carbonyl (C=O) groups is 2. The van der Waals surface area contributed by atoms with Crippen LogP contribution in [0, 0.1) is 6.92 Å². The summed E-state index contributed by atoms with van der Waals surface area (Å²) in [4.78, 5) is 40.9. The molecule has 1 amide bonds. The van der Waals surface area contributed by atoms with Crippen LogP contribution in [0.3, 0.4) is 0 Å². The van der Waals surface area contributed by atoms with Crippen LogP contribution in [-0.4, -0.2) is 30.7 Å². The predicted molar refractivity (Wildman–Crippen MR) is 127 cm³/mol. The number of methoxy groups -OCH3 is 2. The Hall–Kier alpha value is -4.53. The Bertz CT molecular complexity index is 1490. The smallest absolute Gasteiger partial charge is 0.340 e. The molecule has 178 valence electrons. The van der Waals surface area contributed by atoms with Crippen LogP contribution in [0.4, 0.5) is 5.69 Å². The summed E-state index contributed by atoms with van der Waals surface area (Å²) in [6, 6.07) is 15.8. The minimum Gasteiger partial charge on any atom is -0.496 e. The van der Waals surface area contributed by atoms with Crippen molar-refractivity contribution in [1.29, 1.82) is 0 Å². The van der Waals surface area contributed by atoms with Crippen LogP contribution in [0.25, 0.3) is 0 Å². The molecule has 2 aliphatic heterocycles. The lowest BCUT2D eigenvalue weighted by Crippen LogP contribution is -2.50. The Morgan fingerprint density at radius 1 is 1.11 bits per heavy atom. The summed E-state index contributed by atoms with van der Waals surface area (Å²) in [5, 5.41) is 2.80. The van der Waals surface area contributed by atoms with Crippen molar-refractivity contribution in [2.75, 3.05) is 19.5 Å². The number of ether oxygens (including phenoxy) is 3. The van der Waals surface area contributed by atoms with E-state index < -0.39 is 22.9 Å². The molecule has 9 nitrogen and oxygen atoms in total. The van der Waals surface area contributed by atoms with Crippen molar-refractivity contribution in [2.45, 2.75) is 18.9 Å². The summed E-state index contributed by atoms with van der Waals surface area (Å²) >= 11 is 0. The quantitative estimate of drug-likeness (QED) is 0.557. The molecular formula is C26H23N3O6. The zero-order valence-corrected chi connectivity index (χ0v) is 19.4. The molecule has 1 aromatic heterocycles. The first-order valence-corrected chi connectivity index (χ1v) is 10.9. The van der Waals surface area contributed by atoms with E-state index in [1.54, 1.807) is 50.4 Å². The van der Waals surface area contributed by atoms with E-state index in [9.17, 15) is 14.4 Å². The average Bonchev–Trinajstić information content (AvgIpc) is 3.13. The topological polar surface area (TPSA) is 122 Å². The second-order valence-corrected chi connectivity index (χ2v) is 8.31. The van der Waals surface area contributed by atoms with E-state index in [1.807, 2.05) is 18.2 Å². The third kappa shape index (κ3) is 3.04. The Morgan fingerprint density at radius 2 is 1.83 bits per heavy atom. The lowest BCUT2D eigenvalue weighted by Gasteiger charge is -2.35. The third-order valence-electron chi connectivity index (χ3n) is 6.52. The summed E-state index contributed by atoms with van der Waals surface area (Å²) in [5.41, 5.74) is 5.86. The van der Waals surface area contributed by atoms with Crippen molar-refractivity contribution in [3.8, 4) is 11.5 Å². The highest BCUT2D eigenvalue weighted by molar-refractivity contribution is 6.17. The lowest BCUT2D eigenvalue weighted by atomic mass is 9.68. The second kappa shape index (κ2) is 8.05. The van der Waals surface area contributed by atoms with Crippen LogP contribution < -0.4 is 26.1 Å². The van der Waals surface area contributed by atoms with Crippen LogP contribution in [0.5, 0.6) is 11.5 Å². The predicted octanol–water partition coefficient (Wildman–Crippen LogP) is 2.19. The van der Waals surface area contributed by atoms with Crippen molar-refractivity contribution in [2.24, 2.45) is 5.73 Å². The van der Waals surface area contributed by atoms with Gasteiger partial charge in [0.05, 0.1) is 26.3 Å². The Balaban J connectivity index is 1.84. The highest BCUT2D eigenvalue weighted by Gasteiger charge is 2.60. The van der Waals surface area contributed by atoms with Crippen LogP contribution in [-0.2, 0) is 26.3 Å². The number of para-hydroxylation sites is 2. The molecule has 9 heteroatoms. The number of amides is 1.